The van der Waals surface area contributed by atoms with Crippen LogP contribution in [0.5, 0.6) is 17.2 Å². The van der Waals surface area contributed by atoms with Crippen molar-refractivity contribution in [3.8, 4) is 17.2 Å². The molecule has 1 amide bonds. The van der Waals surface area contributed by atoms with Crippen molar-refractivity contribution < 1.29 is 19.0 Å². The molecule has 2 N–H and O–H groups in total. The van der Waals surface area contributed by atoms with Gasteiger partial charge in [-0.1, -0.05) is 18.2 Å². The van der Waals surface area contributed by atoms with Crippen molar-refractivity contribution in [2.45, 2.75) is 6.42 Å². The second-order valence-corrected chi connectivity index (χ2v) is 5.35. The zero-order valence-corrected chi connectivity index (χ0v) is 14.8. The van der Waals surface area contributed by atoms with E-state index in [0.717, 1.165) is 17.7 Å². The topological polar surface area (TPSA) is 68.8 Å². The van der Waals surface area contributed by atoms with Crippen LogP contribution in [0.25, 0.3) is 0 Å². The maximum Gasteiger partial charge on any atom is 0.238 e. The van der Waals surface area contributed by atoms with Crippen molar-refractivity contribution in [1.82, 2.24) is 5.32 Å². The summed E-state index contributed by atoms with van der Waals surface area (Å²) in [6.07, 6.45) is 0.778. The molecule has 134 valence electrons. The molecule has 25 heavy (non-hydrogen) atoms. The van der Waals surface area contributed by atoms with Gasteiger partial charge < -0.3 is 24.8 Å². The van der Waals surface area contributed by atoms with Crippen molar-refractivity contribution in [2.24, 2.45) is 0 Å². The summed E-state index contributed by atoms with van der Waals surface area (Å²) in [5, 5.41) is 5.96. The first-order valence-corrected chi connectivity index (χ1v) is 8.02. The predicted molar refractivity (Wildman–Crippen MR) is 97.7 cm³/mol. The molecule has 2 aromatic rings. The Morgan fingerprint density at radius 2 is 1.72 bits per heavy atom. The van der Waals surface area contributed by atoms with E-state index in [-0.39, 0.29) is 12.5 Å². The Bertz CT molecular complexity index is 704. The molecule has 0 saturated carbocycles. The fourth-order valence-electron chi connectivity index (χ4n) is 2.44. The van der Waals surface area contributed by atoms with E-state index in [0.29, 0.717) is 23.7 Å². The van der Waals surface area contributed by atoms with Crippen LogP contribution in [0.1, 0.15) is 5.56 Å². The first-order chi connectivity index (χ1) is 12.2. The average Bonchev–Trinajstić information content (AvgIpc) is 2.65. The standard InChI is InChI=1S/C19H24N2O4/c1-23-15-8-9-18(25-3)16(12-15)21-19(22)13-20-11-10-14-6-4-5-7-17(14)24-2/h4-9,12,20H,10-11,13H2,1-3H3,(H,21,22). The van der Waals surface area contributed by atoms with Crippen LogP contribution in [0.15, 0.2) is 42.5 Å². The molecule has 0 unspecified atom stereocenters. The van der Waals surface area contributed by atoms with Crippen LogP contribution in [-0.2, 0) is 11.2 Å². The molecular formula is C19H24N2O4. The maximum absolute atomic E-state index is 12.1. The van der Waals surface area contributed by atoms with E-state index in [1.807, 2.05) is 24.3 Å². The number of carbonyl (C=O) groups excluding carboxylic acids is 1. The number of rotatable bonds is 9. The lowest BCUT2D eigenvalue weighted by atomic mass is 10.1. The van der Waals surface area contributed by atoms with E-state index < -0.39 is 0 Å². The third-order valence-electron chi connectivity index (χ3n) is 3.73. The van der Waals surface area contributed by atoms with Gasteiger partial charge >= 0.3 is 0 Å². The summed E-state index contributed by atoms with van der Waals surface area (Å²) in [5.74, 6) is 1.95. The second kappa shape index (κ2) is 9.54. The van der Waals surface area contributed by atoms with E-state index >= 15 is 0 Å². The van der Waals surface area contributed by atoms with Gasteiger partial charge in [0.2, 0.25) is 5.91 Å². The lowest BCUT2D eigenvalue weighted by Crippen LogP contribution is -2.29. The van der Waals surface area contributed by atoms with Crippen LogP contribution in [-0.4, -0.2) is 40.3 Å². The van der Waals surface area contributed by atoms with Crippen molar-refractivity contribution in [1.29, 1.82) is 0 Å². The average molecular weight is 344 g/mol. The first-order valence-electron chi connectivity index (χ1n) is 8.02. The number of methoxy groups -OCH3 is 3. The van der Waals surface area contributed by atoms with Gasteiger partial charge in [-0.3, -0.25) is 4.79 Å². The number of anilines is 1. The summed E-state index contributed by atoms with van der Waals surface area (Å²) in [6, 6.07) is 13.1. The minimum Gasteiger partial charge on any atom is -0.497 e. The minimum atomic E-state index is -0.147. The molecule has 0 spiro atoms. The van der Waals surface area contributed by atoms with Crippen LogP contribution < -0.4 is 24.8 Å². The summed E-state index contributed by atoms with van der Waals surface area (Å²) in [4.78, 5) is 12.1. The molecule has 0 atom stereocenters. The van der Waals surface area contributed by atoms with Gasteiger partial charge in [-0.2, -0.15) is 0 Å². The van der Waals surface area contributed by atoms with Gasteiger partial charge in [0.25, 0.3) is 0 Å². The number of nitrogens with one attached hydrogen (secondary N) is 2. The van der Waals surface area contributed by atoms with Gasteiger partial charge in [-0.05, 0) is 36.7 Å². The maximum atomic E-state index is 12.1. The third kappa shape index (κ3) is 5.39. The van der Waals surface area contributed by atoms with Crippen molar-refractivity contribution >= 4 is 11.6 Å². The lowest BCUT2D eigenvalue weighted by Gasteiger charge is -2.12. The molecule has 0 aliphatic rings. The Labute approximate surface area is 148 Å². The summed E-state index contributed by atoms with van der Waals surface area (Å²) >= 11 is 0. The Morgan fingerprint density at radius 3 is 2.44 bits per heavy atom. The number of hydrogen-bond acceptors (Lipinski definition) is 5. The Kier molecular flexibility index (Phi) is 7.10. The third-order valence-corrected chi connectivity index (χ3v) is 3.73. The summed E-state index contributed by atoms with van der Waals surface area (Å²) in [6.45, 7) is 0.874. The highest BCUT2D eigenvalue weighted by Gasteiger charge is 2.09. The highest BCUT2D eigenvalue weighted by atomic mass is 16.5. The number of ether oxygens (including phenoxy) is 3. The number of benzene rings is 2. The SMILES string of the molecule is COc1ccc(OC)c(NC(=O)CNCCc2ccccc2OC)c1. The molecule has 2 rings (SSSR count). The molecule has 0 heterocycles. The monoisotopic (exact) mass is 344 g/mol. The number of para-hydroxylation sites is 1. The molecular weight excluding hydrogens is 320 g/mol. The molecule has 0 bridgehead atoms. The summed E-state index contributed by atoms with van der Waals surface area (Å²) in [5.41, 5.74) is 1.69. The van der Waals surface area contributed by atoms with Crippen LogP contribution >= 0.6 is 0 Å². The van der Waals surface area contributed by atoms with Crippen LogP contribution in [0, 0.1) is 0 Å². The van der Waals surface area contributed by atoms with Crippen LogP contribution in [0.2, 0.25) is 0 Å². The quantitative estimate of drug-likeness (QED) is 0.684. The van der Waals surface area contributed by atoms with Gasteiger partial charge in [0.1, 0.15) is 17.2 Å². The van der Waals surface area contributed by atoms with Gasteiger partial charge in [0.15, 0.2) is 0 Å². The fourth-order valence-corrected chi connectivity index (χ4v) is 2.44. The number of carbonyl (C=O) groups is 1. The molecule has 0 radical (unpaired) electrons. The highest BCUT2D eigenvalue weighted by molar-refractivity contribution is 5.93. The van der Waals surface area contributed by atoms with Crippen LogP contribution in [0.3, 0.4) is 0 Å². The van der Waals surface area contributed by atoms with E-state index in [2.05, 4.69) is 10.6 Å². The zero-order valence-electron chi connectivity index (χ0n) is 14.8. The predicted octanol–water partition coefficient (Wildman–Crippen LogP) is 2.48. The smallest absolute Gasteiger partial charge is 0.238 e. The Balaban J connectivity index is 1.83. The minimum absolute atomic E-state index is 0.147. The lowest BCUT2D eigenvalue weighted by molar-refractivity contribution is -0.115. The van der Waals surface area contributed by atoms with E-state index in [4.69, 9.17) is 14.2 Å². The van der Waals surface area contributed by atoms with Gasteiger partial charge in [0.05, 0.1) is 33.6 Å². The van der Waals surface area contributed by atoms with E-state index in [1.165, 1.54) is 0 Å². The molecule has 0 aliphatic carbocycles. The van der Waals surface area contributed by atoms with Crippen molar-refractivity contribution in [2.75, 3.05) is 39.7 Å². The molecule has 0 aliphatic heterocycles. The fraction of sp³-hybridized carbons (Fsp3) is 0.316. The number of amides is 1. The molecule has 0 saturated heterocycles. The van der Waals surface area contributed by atoms with Crippen molar-refractivity contribution in [3.63, 3.8) is 0 Å². The Morgan fingerprint density at radius 1 is 0.960 bits per heavy atom. The van der Waals surface area contributed by atoms with Gasteiger partial charge in [-0.15, -0.1) is 0 Å². The van der Waals surface area contributed by atoms with Crippen molar-refractivity contribution in [3.05, 3.63) is 48.0 Å². The molecule has 2 aromatic carbocycles. The second-order valence-electron chi connectivity index (χ2n) is 5.35. The zero-order chi connectivity index (χ0) is 18.1. The molecule has 0 aromatic heterocycles. The summed E-state index contributed by atoms with van der Waals surface area (Å²) in [7, 11) is 4.79. The normalized spacial score (nSPS) is 10.2. The largest absolute Gasteiger partial charge is 0.497 e. The van der Waals surface area contributed by atoms with Gasteiger partial charge in [0, 0.05) is 6.07 Å². The van der Waals surface area contributed by atoms with E-state index in [1.54, 1.807) is 39.5 Å². The highest BCUT2D eigenvalue weighted by Crippen LogP contribution is 2.28. The van der Waals surface area contributed by atoms with E-state index in [9.17, 15) is 4.79 Å². The number of hydrogen-bond donors (Lipinski definition) is 2. The molecule has 6 nitrogen and oxygen atoms in total. The molecule has 0 fully saturated rings. The first kappa shape index (κ1) is 18.6. The van der Waals surface area contributed by atoms with Crippen LogP contribution in [0.4, 0.5) is 5.69 Å². The van der Waals surface area contributed by atoms with Gasteiger partial charge in [-0.25, -0.2) is 0 Å². The Hall–Kier alpha value is -2.73. The summed E-state index contributed by atoms with van der Waals surface area (Å²) < 4.78 is 15.7. The molecule has 6 heteroatoms.